The lowest BCUT2D eigenvalue weighted by molar-refractivity contribution is 0.0598. The molecule has 86 valence electrons. The van der Waals surface area contributed by atoms with Crippen LogP contribution >= 0.6 is 0 Å². The zero-order valence-corrected chi connectivity index (χ0v) is 9.92. The Morgan fingerprint density at radius 1 is 1.25 bits per heavy atom. The van der Waals surface area contributed by atoms with E-state index in [-0.39, 0.29) is 5.97 Å². The Bertz CT molecular complexity index is 435. The molecule has 16 heavy (non-hydrogen) atoms. The highest BCUT2D eigenvalue weighted by Crippen LogP contribution is 2.35. The first kappa shape index (κ1) is 11.0. The fraction of sp³-hybridized carbons (Fsp3) is 0.462. The van der Waals surface area contributed by atoms with Crippen molar-refractivity contribution in [3.8, 4) is 5.75 Å². The fourth-order valence-electron chi connectivity index (χ4n) is 2.45. The van der Waals surface area contributed by atoms with Crippen LogP contribution in [0.5, 0.6) is 5.75 Å². The van der Waals surface area contributed by atoms with Gasteiger partial charge in [0, 0.05) is 0 Å². The molecule has 1 aliphatic rings. The van der Waals surface area contributed by atoms with Gasteiger partial charge < -0.3 is 9.47 Å². The first-order valence-electron chi connectivity index (χ1n) is 5.46. The highest BCUT2D eigenvalue weighted by Gasteiger charge is 2.25. The van der Waals surface area contributed by atoms with Gasteiger partial charge in [-0.15, -0.1) is 0 Å². The minimum absolute atomic E-state index is 0.238. The van der Waals surface area contributed by atoms with E-state index in [0.717, 1.165) is 41.7 Å². The van der Waals surface area contributed by atoms with Crippen molar-refractivity contribution >= 4 is 5.97 Å². The summed E-state index contributed by atoms with van der Waals surface area (Å²) in [6.07, 6.45) is 3.01. The summed E-state index contributed by atoms with van der Waals surface area (Å²) in [5, 5.41) is 0. The first-order chi connectivity index (χ1) is 7.69. The smallest absolute Gasteiger partial charge is 0.338 e. The summed E-state index contributed by atoms with van der Waals surface area (Å²) in [6, 6.07) is 1.93. The van der Waals surface area contributed by atoms with Crippen LogP contribution in [-0.4, -0.2) is 20.2 Å². The molecule has 1 aliphatic carbocycles. The van der Waals surface area contributed by atoms with E-state index in [1.165, 1.54) is 12.7 Å². The molecule has 0 fully saturated rings. The summed E-state index contributed by atoms with van der Waals surface area (Å²) >= 11 is 0. The zero-order chi connectivity index (χ0) is 11.7. The third-order valence-electron chi connectivity index (χ3n) is 3.17. The van der Waals surface area contributed by atoms with Crippen molar-refractivity contribution in [2.24, 2.45) is 0 Å². The highest BCUT2D eigenvalue weighted by molar-refractivity contribution is 5.93. The maximum absolute atomic E-state index is 11.7. The quantitative estimate of drug-likeness (QED) is 0.717. The van der Waals surface area contributed by atoms with E-state index in [9.17, 15) is 4.79 Å². The molecule has 3 nitrogen and oxygen atoms in total. The zero-order valence-electron chi connectivity index (χ0n) is 9.92. The van der Waals surface area contributed by atoms with E-state index in [0.29, 0.717) is 0 Å². The molecule has 0 unspecified atom stereocenters. The van der Waals surface area contributed by atoms with Gasteiger partial charge in [0.2, 0.25) is 0 Å². The molecule has 0 spiro atoms. The van der Waals surface area contributed by atoms with Crippen molar-refractivity contribution in [3.63, 3.8) is 0 Å². The Labute approximate surface area is 95.4 Å². The number of ether oxygens (including phenoxy) is 2. The number of carbonyl (C=O) groups is 1. The summed E-state index contributed by atoms with van der Waals surface area (Å²) in [5.74, 6) is 0.663. The molecule has 0 saturated heterocycles. The third-order valence-corrected chi connectivity index (χ3v) is 3.17. The van der Waals surface area contributed by atoms with Crippen LogP contribution in [0.4, 0.5) is 0 Å². The van der Waals surface area contributed by atoms with Crippen molar-refractivity contribution in [3.05, 3.63) is 28.3 Å². The first-order valence-corrected chi connectivity index (χ1v) is 5.46. The number of rotatable bonds is 2. The average molecular weight is 220 g/mol. The van der Waals surface area contributed by atoms with Gasteiger partial charge in [-0.3, -0.25) is 0 Å². The largest absolute Gasteiger partial charge is 0.496 e. The molecule has 0 bridgehead atoms. The predicted molar refractivity (Wildman–Crippen MR) is 61.1 cm³/mol. The second-order valence-electron chi connectivity index (χ2n) is 4.07. The van der Waals surface area contributed by atoms with Gasteiger partial charge in [0.05, 0.1) is 19.8 Å². The normalized spacial score (nSPS) is 13.4. The molecule has 0 atom stereocenters. The van der Waals surface area contributed by atoms with E-state index in [1.807, 2.05) is 13.0 Å². The van der Waals surface area contributed by atoms with Crippen molar-refractivity contribution in [2.75, 3.05) is 14.2 Å². The molecular formula is C13H16O3. The Kier molecular flexibility index (Phi) is 2.86. The summed E-state index contributed by atoms with van der Waals surface area (Å²) < 4.78 is 10.2. The minimum atomic E-state index is -0.238. The van der Waals surface area contributed by atoms with Gasteiger partial charge in [-0.25, -0.2) is 4.79 Å². The standard InChI is InChI=1S/C13H16O3/c1-8-7-11(15-2)9-5-4-6-10(9)12(8)13(14)16-3/h7H,4-6H2,1-3H3. The molecule has 3 heteroatoms. The van der Waals surface area contributed by atoms with Gasteiger partial charge in [0.1, 0.15) is 5.75 Å². The molecule has 0 radical (unpaired) electrons. The van der Waals surface area contributed by atoms with E-state index in [2.05, 4.69) is 0 Å². The molecule has 0 N–H and O–H groups in total. The predicted octanol–water partition coefficient (Wildman–Crippen LogP) is 2.28. The number of methoxy groups -OCH3 is 2. The summed E-state index contributed by atoms with van der Waals surface area (Å²) in [5.41, 5.74) is 3.96. The van der Waals surface area contributed by atoms with E-state index >= 15 is 0 Å². The second-order valence-corrected chi connectivity index (χ2v) is 4.07. The van der Waals surface area contributed by atoms with Crippen LogP contribution in [0, 0.1) is 6.92 Å². The van der Waals surface area contributed by atoms with Crippen molar-refractivity contribution in [1.29, 1.82) is 0 Å². The van der Waals surface area contributed by atoms with Gasteiger partial charge in [-0.05, 0) is 48.9 Å². The SMILES string of the molecule is COC(=O)c1c(C)cc(OC)c2c1CCC2. The number of carbonyl (C=O) groups excluding carboxylic acids is 1. The van der Waals surface area contributed by atoms with Crippen LogP contribution in [0.3, 0.4) is 0 Å². The minimum Gasteiger partial charge on any atom is -0.496 e. The molecule has 1 aromatic carbocycles. The third kappa shape index (κ3) is 1.56. The summed E-state index contributed by atoms with van der Waals surface area (Å²) in [6.45, 7) is 1.92. The topological polar surface area (TPSA) is 35.5 Å². The van der Waals surface area contributed by atoms with Crippen LogP contribution in [0.15, 0.2) is 6.07 Å². The molecule has 0 aromatic heterocycles. The average Bonchev–Trinajstić information content (AvgIpc) is 2.75. The lowest BCUT2D eigenvalue weighted by atomic mass is 9.97. The van der Waals surface area contributed by atoms with Gasteiger partial charge >= 0.3 is 5.97 Å². The van der Waals surface area contributed by atoms with Crippen molar-refractivity contribution < 1.29 is 14.3 Å². The van der Waals surface area contributed by atoms with E-state index in [4.69, 9.17) is 9.47 Å². The lowest BCUT2D eigenvalue weighted by Crippen LogP contribution is -2.09. The number of esters is 1. The van der Waals surface area contributed by atoms with Crippen LogP contribution in [0.2, 0.25) is 0 Å². The molecule has 1 aromatic rings. The van der Waals surface area contributed by atoms with Crippen LogP contribution in [-0.2, 0) is 17.6 Å². The summed E-state index contributed by atoms with van der Waals surface area (Å²) in [4.78, 5) is 11.7. The Balaban J connectivity index is 2.63. The van der Waals surface area contributed by atoms with Crippen LogP contribution in [0.1, 0.15) is 33.5 Å². The monoisotopic (exact) mass is 220 g/mol. The number of benzene rings is 1. The molecule has 2 rings (SSSR count). The summed E-state index contributed by atoms with van der Waals surface area (Å²) in [7, 11) is 3.10. The van der Waals surface area contributed by atoms with E-state index in [1.54, 1.807) is 7.11 Å². The van der Waals surface area contributed by atoms with Crippen molar-refractivity contribution in [1.82, 2.24) is 0 Å². The molecule has 0 aliphatic heterocycles. The van der Waals surface area contributed by atoms with Crippen LogP contribution < -0.4 is 4.74 Å². The number of hydrogen-bond donors (Lipinski definition) is 0. The van der Waals surface area contributed by atoms with Crippen LogP contribution in [0.25, 0.3) is 0 Å². The molecule has 0 amide bonds. The van der Waals surface area contributed by atoms with E-state index < -0.39 is 0 Å². The second kappa shape index (κ2) is 4.16. The molecule has 0 heterocycles. The maximum Gasteiger partial charge on any atom is 0.338 e. The fourth-order valence-corrected chi connectivity index (χ4v) is 2.45. The Morgan fingerprint density at radius 3 is 2.56 bits per heavy atom. The van der Waals surface area contributed by atoms with Crippen molar-refractivity contribution in [2.45, 2.75) is 26.2 Å². The number of fused-ring (bicyclic) bond motifs is 1. The highest BCUT2D eigenvalue weighted by atomic mass is 16.5. The number of hydrogen-bond acceptors (Lipinski definition) is 3. The molecular weight excluding hydrogens is 204 g/mol. The van der Waals surface area contributed by atoms with Gasteiger partial charge in [-0.1, -0.05) is 0 Å². The Morgan fingerprint density at radius 2 is 1.94 bits per heavy atom. The van der Waals surface area contributed by atoms with Gasteiger partial charge in [0.15, 0.2) is 0 Å². The van der Waals surface area contributed by atoms with Gasteiger partial charge in [-0.2, -0.15) is 0 Å². The molecule has 0 saturated carbocycles. The maximum atomic E-state index is 11.7. The number of aryl methyl sites for hydroxylation is 1. The van der Waals surface area contributed by atoms with Gasteiger partial charge in [0.25, 0.3) is 0 Å². The Hall–Kier alpha value is -1.51. The lowest BCUT2D eigenvalue weighted by Gasteiger charge is -2.13.